The number of hydrogen-bond acceptors (Lipinski definition) is 3. The van der Waals surface area contributed by atoms with E-state index in [0.717, 1.165) is 5.56 Å². The summed E-state index contributed by atoms with van der Waals surface area (Å²) < 4.78 is 0. The number of benzene rings is 1. The number of nitrogens with zero attached hydrogens (tertiary/aromatic N) is 1. The molecule has 0 saturated heterocycles. The maximum Gasteiger partial charge on any atom is 0.305 e. The zero-order chi connectivity index (χ0) is 14.4. The molecule has 1 aromatic rings. The molecule has 0 spiro atoms. The number of thiocarbonyl (C=S) groups is 1. The number of nitrogens with two attached hydrogens (primary N) is 1. The number of hydrogen-bond donors (Lipinski definition) is 2. The van der Waals surface area contributed by atoms with E-state index in [9.17, 15) is 9.59 Å². The minimum Gasteiger partial charge on any atom is -0.481 e. The summed E-state index contributed by atoms with van der Waals surface area (Å²) in [5.41, 5.74) is 6.83. The van der Waals surface area contributed by atoms with Crippen LogP contribution in [0.25, 0.3) is 0 Å². The van der Waals surface area contributed by atoms with Crippen molar-refractivity contribution in [2.45, 2.75) is 12.8 Å². The van der Waals surface area contributed by atoms with E-state index >= 15 is 0 Å². The van der Waals surface area contributed by atoms with Crippen molar-refractivity contribution in [2.75, 3.05) is 13.6 Å². The highest BCUT2D eigenvalue weighted by Crippen LogP contribution is 2.09. The average Bonchev–Trinajstić information content (AvgIpc) is 2.34. The maximum atomic E-state index is 12.1. The summed E-state index contributed by atoms with van der Waals surface area (Å²) in [4.78, 5) is 24.3. The molecule has 1 rings (SSSR count). The second-order valence-corrected chi connectivity index (χ2v) is 4.74. The maximum absolute atomic E-state index is 12.1. The second kappa shape index (κ2) is 6.84. The van der Waals surface area contributed by atoms with E-state index in [1.54, 1.807) is 25.2 Å². The molecule has 0 fully saturated rings. The molecule has 19 heavy (non-hydrogen) atoms. The van der Waals surface area contributed by atoms with Crippen molar-refractivity contribution < 1.29 is 14.7 Å². The Balaban J connectivity index is 2.75. The lowest BCUT2D eigenvalue weighted by atomic mass is 10.1. The molecule has 0 bridgehead atoms. The lowest BCUT2D eigenvalue weighted by Gasteiger charge is -2.16. The van der Waals surface area contributed by atoms with Crippen LogP contribution in [0.5, 0.6) is 0 Å². The van der Waals surface area contributed by atoms with Gasteiger partial charge in [-0.25, -0.2) is 0 Å². The lowest BCUT2D eigenvalue weighted by Crippen LogP contribution is -2.29. The van der Waals surface area contributed by atoms with Crippen molar-refractivity contribution in [2.24, 2.45) is 5.73 Å². The van der Waals surface area contributed by atoms with Crippen LogP contribution in [-0.4, -0.2) is 40.5 Å². The van der Waals surface area contributed by atoms with Crippen LogP contribution in [-0.2, 0) is 11.2 Å². The van der Waals surface area contributed by atoms with Crippen molar-refractivity contribution in [3.8, 4) is 0 Å². The van der Waals surface area contributed by atoms with Crippen LogP contribution in [0, 0.1) is 0 Å². The van der Waals surface area contributed by atoms with Gasteiger partial charge >= 0.3 is 5.97 Å². The number of carbonyl (C=O) groups excluding carboxylic acids is 1. The van der Waals surface area contributed by atoms with Crippen LogP contribution in [0.4, 0.5) is 0 Å². The molecule has 1 amide bonds. The molecule has 0 heterocycles. The molecule has 0 aliphatic rings. The Morgan fingerprint density at radius 2 is 2.11 bits per heavy atom. The van der Waals surface area contributed by atoms with Crippen molar-refractivity contribution in [1.82, 2.24) is 4.90 Å². The zero-order valence-electron chi connectivity index (χ0n) is 10.6. The van der Waals surface area contributed by atoms with Crippen molar-refractivity contribution in [3.05, 3.63) is 35.4 Å². The third kappa shape index (κ3) is 5.05. The van der Waals surface area contributed by atoms with E-state index in [-0.39, 0.29) is 18.9 Å². The predicted molar refractivity (Wildman–Crippen MR) is 76.1 cm³/mol. The number of amides is 1. The van der Waals surface area contributed by atoms with Crippen LogP contribution in [0.3, 0.4) is 0 Å². The number of carboxylic acid groups (broad SMARTS) is 1. The summed E-state index contributed by atoms with van der Waals surface area (Å²) in [6.07, 6.45) is 0.365. The smallest absolute Gasteiger partial charge is 0.305 e. The molecule has 0 saturated carbocycles. The van der Waals surface area contributed by atoms with Crippen molar-refractivity contribution >= 4 is 29.1 Å². The highest BCUT2D eigenvalue weighted by molar-refractivity contribution is 7.80. The first-order valence-corrected chi connectivity index (χ1v) is 6.15. The Morgan fingerprint density at radius 3 is 2.68 bits per heavy atom. The van der Waals surface area contributed by atoms with Gasteiger partial charge < -0.3 is 15.7 Å². The summed E-state index contributed by atoms with van der Waals surface area (Å²) in [5.74, 6) is -1.15. The second-order valence-electron chi connectivity index (χ2n) is 4.21. The largest absolute Gasteiger partial charge is 0.481 e. The molecule has 0 aliphatic carbocycles. The molecule has 6 heteroatoms. The first-order valence-electron chi connectivity index (χ1n) is 5.74. The Hall–Kier alpha value is -1.95. The van der Waals surface area contributed by atoms with Crippen molar-refractivity contribution in [1.29, 1.82) is 0 Å². The van der Waals surface area contributed by atoms with Gasteiger partial charge in [-0.2, -0.15) is 0 Å². The van der Waals surface area contributed by atoms with Gasteiger partial charge in [-0.15, -0.1) is 0 Å². The molecule has 1 aromatic carbocycles. The Kier molecular flexibility index (Phi) is 5.44. The molecular weight excluding hydrogens is 264 g/mol. The summed E-state index contributed by atoms with van der Waals surface area (Å²) in [5, 5.41) is 8.59. The van der Waals surface area contributed by atoms with Gasteiger partial charge in [-0.1, -0.05) is 24.4 Å². The van der Waals surface area contributed by atoms with Crippen LogP contribution < -0.4 is 5.73 Å². The normalized spacial score (nSPS) is 9.95. The monoisotopic (exact) mass is 280 g/mol. The lowest BCUT2D eigenvalue weighted by molar-refractivity contribution is -0.137. The van der Waals surface area contributed by atoms with Gasteiger partial charge in [0.15, 0.2) is 0 Å². The Labute approximate surface area is 117 Å². The van der Waals surface area contributed by atoms with E-state index in [0.29, 0.717) is 17.0 Å². The van der Waals surface area contributed by atoms with Gasteiger partial charge in [0.05, 0.1) is 11.4 Å². The Morgan fingerprint density at radius 1 is 1.42 bits per heavy atom. The molecule has 0 aromatic heterocycles. The van der Waals surface area contributed by atoms with Crippen LogP contribution >= 0.6 is 12.2 Å². The number of aliphatic carboxylic acids is 1. The predicted octanol–water partition coefficient (Wildman–Crippen LogP) is 1.06. The minimum absolute atomic E-state index is 0.0746. The quantitative estimate of drug-likeness (QED) is 0.761. The molecule has 102 valence electrons. The van der Waals surface area contributed by atoms with Crippen LogP contribution in [0.15, 0.2) is 24.3 Å². The SMILES string of the molecule is CN(CCC(=O)O)C(=O)c1cccc(CC(N)=S)c1. The fourth-order valence-corrected chi connectivity index (χ4v) is 1.77. The van der Waals surface area contributed by atoms with E-state index in [4.69, 9.17) is 23.1 Å². The standard InChI is InChI=1S/C13H16N2O3S/c1-15(6-5-12(16)17)13(18)10-4-2-3-9(7-10)8-11(14)19/h2-4,7H,5-6,8H2,1H3,(H2,14,19)(H,16,17). The van der Waals surface area contributed by atoms with Gasteiger partial charge in [-0.05, 0) is 17.7 Å². The van der Waals surface area contributed by atoms with Gasteiger partial charge in [0, 0.05) is 25.6 Å². The third-order valence-electron chi connectivity index (χ3n) is 2.56. The summed E-state index contributed by atoms with van der Waals surface area (Å²) in [6.45, 7) is 0.174. The van der Waals surface area contributed by atoms with E-state index in [1.165, 1.54) is 4.90 Å². The summed E-state index contributed by atoms with van der Waals surface area (Å²) in [7, 11) is 1.57. The molecular formula is C13H16N2O3S. The first-order chi connectivity index (χ1) is 8.90. The number of carboxylic acids is 1. The Bertz CT molecular complexity index is 502. The summed E-state index contributed by atoms with van der Waals surface area (Å²) >= 11 is 4.83. The van der Waals surface area contributed by atoms with E-state index in [1.807, 2.05) is 6.07 Å². The highest BCUT2D eigenvalue weighted by atomic mass is 32.1. The van der Waals surface area contributed by atoms with Gasteiger partial charge in [0.1, 0.15) is 0 Å². The third-order valence-corrected chi connectivity index (χ3v) is 2.70. The van der Waals surface area contributed by atoms with Gasteiger partial charge in [0.25, 0.3) is 5.91 Å². The number of carbonyl (C=O) groups is 2. The molecule has 3 N–H and O–H groups in total. The molecule has 0 unspecified atom stereocenters. The number of rotatable bonds is 6. The molecule has 0 aliphatic heterocycles. The average molecular weight is 280 g/mol. The first kappa shape index (κ1) is 15.1. The van der Waals surface area contributed by atoms with Crippen LogP contribution in [0.1, 0.15) is 22.3 Å². The van der Waals surface area contributed by atoms with Crippen LogP contribution in [0.2, 0.25) is 0 Å². The van der Waals surface area contributed by atoms with E-state index < -0.39 is 5.97 Å². The minimum atomic E-state index is -0.929. The topological polar surface area (TPSA) is 83.6 Å². The zero-order valence-corrected chi connectivity index (χ0v) is 11.4. The van der Waals surface area contributed by atoms with Gasteiger partial charge in [0.2, 0.25) is 0 Å². The summed E-state index contributed by atoms with van der Waals surface area (Å²) in [6, 6.07) is 7.00. The molecule has 0 radical (unpaired) electrons. The highest BCUT2D eigenvalue weighted by Gasteiger charge is 2.13. The fraction of sp³-hybridized carbons (Fsp3) is 0.308. The molecule has 5 nitrogen and oxygen atoms in total. The van der Waals surface area contributed by atoms with E-state index in [2.05, 4.69) is 0 Å². The van der Waals surface area contributed by atoms with Gasteiger partial charge in [-0.3, -0.25) is 9.59 Å². The van der Waals surface area contributed by atoms with Crippen molar-refractivity contribution in [3.63, 3.8) is 0 Å². The fourth-order valence-electron chi connectivity index (χ4n) is 1.60. The molecule has 0 atom stereocenters.